The summed E-state index contributed by atoms with van der Waals surface area (Å²) in [5.41, 5.74) is 0.0451. The molecule has 0 unspecified atom stereocenters. The van der Waals surface area contributed by atoms with E-state index in [2.05, 4.69) is 9.72 Å². The Morgan fingerprint density at radius 3 is 2.61 bits per heavy atom. The molecule has 18 heavy (non-hydrogen) atoms. The highest BCUT2D eigenvalue weighted by Gasteiger charge is 2.34. The second kappa shape index (κ2) is 5.91. The number of nitrogens with zero attached hydrogens (tertiary/aromatic N) is 1. The van der Waals surface area contributed by atoms with E-state index >= 15 is 0 Å². The molecule has 0 saturated carbocycles. The number of ether oxygens (including phenoxy) is 1. The molecule has 0 saturated heterocycles. The fourth-order valence-electron chi connectivity index (χ4n) is 1.14. The number of hydrogen-bond acceptors (Lipinski definition) is 3. The summed E-state index contributed by atoms with van der Waals surface area (Å²) >= 11 is 7.04. The third-order valence-corrected chi connectivity index (χ3v) is 3.24. The molecule has 0 aliphatic rings. The van der Waals surface area contributed by atoms with Crippen LogP contribution in [0.3, 0.4) is 0 Å². The van der Waals surface area contributed by atoms with E-state index in [9.17, 15) is 18.0 Å². The summed E-state index contributed by atoms with van der Waals surface area (Å²) in [7, 11) is 0. The first-order chi connectivity index (χ1) is 8.24. The molecular formula is C9H6ClF3INO3. The lowest BCUT2D eigenvalue weighted by atomic mass is 10.2. The third kappa shape index (κ3) is 4.16. The monoisotopic (exact) mass is 395 g/mol. The molecule has 0 aliphatic heterocycles. The molecular weight excluding hydrogens is 389 g/mol. The minimum Gasteiger partial charge on any atom is -0.481 e. The Morgan fingerprint density at radius 1 is 1.56 bits per heavy atom. The molecule has 4 nitrogen and oxygen atoms in total. The molecule has 0 atom stereocenters. The van der Waals surface area contributed by atoms with E-state index in [-0.39, 0.29) is 20.7 Å². The lowest BCUT2D eigenvalue weighted by Crippen LogP contribution is -2.20. The number of carbonyl (C=O) groups is 1. The molecule has 0 spiro atoms. The summed E-state index contributed by atoms with van der Waals surface area (Å²) in [5, 5.41) is 8.62. The van der Waals surface area contributed by atoms with Crippen molar-refractivity contribution in [3.05, 3.63) is 21.0 Å². The van der Waals surface area contributed by atoms with E-state index in [0.29, 0.717) is 0 Å². The summed E-state index contributed by atoms with van der Waals surface area (Å²) in [6.45, 7) is 0. The van der Waals surface area contributed by atoms with Crippen LogP contribution >= 0.6 is 34.2 Å². The fraction of sp³-hybridized carbons (Fsp3) is 0.333. The molecule has 0 amide bonds. The first-order valence-corrected chi connectivity index (χ1v) is 6.05. The minimum absolute atomic E-state index is 0.0398. The topological polar surface area (TPSA) is 59.4 Å². The van der Waals surface area contributed by atoms with Crippen LogP contribution in [0.1, 0.15) is 11.3 Å². The first kappa shape index (κ1) is 15.3. The largest absolute Gasteiger partial charge is 0.573 e. The average Bonchev–Trinajstić information content (AvgIpc) is 2.22. The van der Waals surface area contributed by atoms with E-state index in [1.807, 2.05) is 0 Å². The zero-order valence-corrected chi connectivity index (χ0v) is 11.5. The number of carboxylic acid groups (broad SMARTS) is 1. The summed E-state index contributed by atoms with van der Waals surface area (Å²) in [5.74, 6) is -1.99. The smallest absolute Gasteiger partial charge is 0.481 e. The van der Waals surface area contributed by atoms with Gasteiger partial charge in [-0.3, -0.25) is 9.78 Å². The van der Waals surface area contributed by atoms with Crippen LogP contribution in [0.5, 0.6) is 5.75 Å². The van der Waals surface area contributed by atoms with Crippen molar-refractivity contribution >= 4 is 40.2 Å². The molecule has 1 aromatic heterocycles. The van der Waals surface area contributed by atoms with Crippen LogP contribution in [0.25, 0.3) is 0 Å². The van der Waals surface area contributed by atoms with Crippen LogP contribution in [0.2, 0.25) is 0 Å². The SMILES string of the molecule is O=C(O)Cc1cnc(CCl)c(OC(F)(F)F)c1I. The Morgan fingerprint density at radius 2 is 2.17 bits per heavy atom. The maximum absolute atomic E-state index is 12.2. The second-order valence-corrected chi connectivity index (χ2v) is 4.47. The molecule has 1 heterocycles. The van der Waals surface area contributed by atoms with Crippen molar-refractivity contribution in [1.29, 1.82) is 0 Å². The van der Waals surface area contributed by atoms with Crippen molar-refractivity contribution in [1.82, 2.24) is 4.98 Å². The van der Waals surface area contributed by atoms with Crippen LogP contribution in [-0.2, 0) is 17.1 Å². The number of pyridine rings is 1. The number of aromatic nitrogens is 1. The van der Waals surface area contributed by atoms with E-state index in [4.69, 9.17) is 16.7 Å². The highest BCUT2D eigenvalue weighted by molar-refractivity contribution is 14.1. The van der Waals surface area contributed by atoms with Gasteiger partial charge in [0.1, 0.15) is 0 Å². The third-order valence-electron chi connectivity index (χ3n) is 1.81. The number of halogens is 5. The van der Waals surface area contributed by atoms with Gasteiger partial charge in [-0.05, 0) is 28.2 Å². The van der Waals surface area contributed by atoms with Gasteiger partial charge in [0, 0.05) is 6.20 Å². The van der Waals surface area contributed by atoms with E-state index < -0.39 is 24.5 Å². The van der Waals surface area contributed by atoms with Gasteiger partial charge in [-0.1, -0.05) is 0 Å². The van der Waals surface area contributed by atoms with E-state index in [1.165, 1.54) is 6.20 Å². The number of aliphatic carboxylic acids is 1. The fourth-order valence-corrected chi connectivity index (χ4v) is 2.09. The molecule has 0 bridgehead atoms. The normalized spacial score (nSPS) is 11.4. The summed E-state index contributed by atoms with van der Waals surface area (Å²) in [6, 6.07) is 0. The Labute approximate surface area is 118 Å². The van der Waals surface area contributed by atoms with Crippen molar-refractivity contribution in [2.45, 2.75) is 18.7 Å². The van der Waals surface area contributed by atoms with E-state index in [1.54, 1.807) is 22.6 Å². The summed E-state index contributed by atoms with van der Waals surface area (Å²) in [4.78, 5) is 14.2. The maximum atomic E-state index is 12.2. The number of carboxylic acids is 1. The van der Waals surface area contributed by atoms with Crippen molar-refractivity contribution in [3.63, 3.8) is 0 Å². The zero-order chi connectivity index (χ0) is 13.9. The number of rotatable bonds is 4. The van der Waals surface area contributed by atoms with Crippen LogP contribution in [0.15, 0.2) is 6.20 Å². The molecule has 9 heteroatoms. The summed E-state index contributed by atoms with van der Waals surface area (Å²) in [6.07, 6.45) is -4.15. The van der Waals surface area contributed by atoms with Gasteiger partial charge in [-0.2, -0.15) is 0 Å². The Hall–Kier alpha value is -0.770. The molecule has 0 radical (unpaired) electrons. The average molecular weight is 396 g/mol. The van der Waals surface area contributed by atoms with Crippen LogP contribution in [0.4, 0.5) is 13.2 Å². The van der Waals surface area contributed by atoms with Gasteiger partial charge < -0.3 is 9.84 Å². The van der Waals surface area contributed by atoms with Crippen molar-refractivity contribution in [3.8, 4) is 5.75 Å². The lowest BCUT2D eigenvalue weighted by Gasteiger charge is -2.15. The standard InChI is InChI=1S/C9H6ClF3INO3/c10-2-5-8(18-9(11,12)13)7(14)4(3-15-5)1-6(16)17/h3H,1-2H2,(H,16,17). The predicted octanol–water partition coefficient (Wildman–Crippen LogP) is 2.95. The van der Waals surface area contributed by atoms with Crippen LogP contribution in [0, 0.1) is 3.57 Å². The van der Waals surface area contributed by atoms with Gasteiger partial charge in [0.05, 0.1) is 21.6 Å². The van der Waals surface area contributed by atoms with Crippen molar-refractivity contribution in [2.24, 2.45) is 0 Å². The van der Waals surface area contributed by atoms with Crippen molar-refractivity contribution in [2.75, 3.05) is 0 Å². The van der Waals surface area contributed by atoms with Gasteiger partial charge in [-0.15, -0.1) is 24.8 Å². The van der Waals surface area contributed by atoms with Gasteiger partial charge in [0.25, 0.3) is 0 Å². The number of hydrogen-bond donors (Lipinski definition) is 1. The molecule has 1 aromatic rings. The highest BCUT2D eigenvalue weighted by atomic mass is 127. The molecule has 1 rings (SSSR count). The van der Waals surface area contributed by atoms with Crippen molar-refractivity contribution < 1.29 is 27.8 Å². The Balaban J connectivity index is 3.22. The quantitative estimate of drug-likeness (QED) is 0.629. The molecule has 100 valence electrons. The summed E-state index contributed by atoms with van der Waals surface area (Å²) < 4.78 is 40.5. The van der Waals surface area contributed by atoms with E-state index in [0.717, 1.165) is 0 Å². The van der Waals surface area contributed by atoms with Gasteiger partial charge in [-0.25, -0.2) is 0 Å². The number of alkyl halides is 4. The van der Waals surface area contributed by atoms with Gasteiger partial charge in [0.2, 0.25) is 0 Å². The minimum atomic E-state index is -4.88. The zero-order valence-electron chi connectivity index (χ0n) is 8.59. The predicted molar refractivity (Wildman–Crippen MR) is 64.5 cm³/mol. The van der Waals surface area contributed by atoms with Crippen LogP contribution < -0.4 is 4.74 Å². The highest BCUT2D eigenvalue weighted by Crippen LogP contribution is 2.33. The lowest BCUT2D eigenvalue weighted by molar-refractivity contribution is -0.275. The first-order valence-electron chi connectivity index (χ1n) is 4.44. The molecule has 0 fully saturated rings. The van der Waals surface area contributed by atoms with Gasteiger partial charge >= 0.3 is 12.3 Å². The Kier molecular flexibility index (Phi) is 5.02. The Bertz CT molecular complexity index is 467. The van der Waals surface area contributed by atoms with Crippen LogP contribution in [-0.4, -0.2) is 22.4 Å². The maximum Gasteiger partial charge on any atom is 0.573 e. The molecule has 1 N–H and O–H groups in total. The van der Waals surface area contributed by atoms with Gasteiger partial charge in [0.15, 0.2) is 5.75 Å². The molecule has 0 aromatic carbocycles. The second-order valence-electron chi connectivity index (χ2n) is 3.13. The molecule has 0 aliphatic carbocycles.